The molecular formula is C36H36N2O5. The first-order chi connectivity index (χ1) is 20.7. The highest BCUT2D eigenvalue weighted by atomic mass is 16.5. The van der Waals surface area contributed by atoms with Crippen LogP contribution in [0.3, 0.4) is 0 Å². The van der Waals surface area contributed by atoms with Crippen LogP contribution in [0.5, 0.6) is 17.2 Å². The number of benzene rings is 4. The third kappa shape index (κ3) is 5.71. The summed E-state index contributed by atoms with van der Waals surface area (Å²) in [4.78, 5) is 30.7. The molecule has 0 saturated heterocycles. The SMILES string of the molecule is COc1cc(C(C(=O)NC(C)(C)C)N2C(=O)C(=C(c3ccccc3)c3ccccc3)c3ccccc32)cc(OC)c1OC. The minimum atomic E-state index is -1.05. The van der Waals surface area contributed by atoms with E-state index in [1.807, 2.05) is 106 Å². The van der Waals surface area contributed by atoms with Crippen LogP contribution in [-0.4, -0.2) is 38.7 Å². The maximum atomic E-state index is 14.9. The van der Waals surface area contributed by atoms with Crippen LogP contribution in [0.4, 0.5) is 5.69 Å². The minimum Gasteiger partial charge on any atom is -0.493 e. The normalized spacial score (nSPS) is 13.3. The Bertz CT molecular complexity index is 1610. The van der Waals surface area contributed by atoms with Crippen molar-refractivity contribution in [3.63, 3.8) is 0 Å². The van der Waals surface area contributed by atoms with Crippen LogP contribution in [0.1, 0.15) is 49.1 Å². The monoisotopic (exact) mass is 576 g/mol. The van der Waals surface area contributed by atoms with Crippen LogP contribution >= 0.6 is 0 Å². The summed E-state index contributed by atoms with van der Waals surface area (Å²) < 4.78 is 16.8. The summed E-state index contributed by atoms with van der Waals surface area (Å²) >= 11 is 0. The van der Waals surface area contributed by atoms with Crippen molar-refractivity contribution >= 4 is 28.6 Å². The number of fused-ring (bicyclic) bond motifs is 1. The van der Waals surface area contributed by atoms with Crippen molar-refractivity contribution in [2.45, 2.75) is 32.4 Å². The number of anilines is 1. The predicted molar refractivity (Wildman–Crippen MR) is 169 cm³/mol. The number of methoxy groups -OCH3 is 3. The zero-order valence-corrected chi connectivity index (χ0v) is 25.3. The van der Waals surface area contributed by atoms with E-state index in [0.29, 0.717) is 34.1 Å². The van der Waals surface area contributed by atoms with Crippen molar-refractivity contribution in [2.75, 3.05) is 26.2 Å². The van der Waals surface area contributed by atoms with Gasteiger partial charge in [-0.1, -0.05) is 78.9 Å². The number of para-hydroxylation sites is 1. The molecule has 0 spiro atoms. The molecule has 1 N–H and O–H groups in total. The van der Waals surface area contributed by atoms with E-state index in [-0.39, 0.29) is 11.8 Å². The molecular weight excluding hydrogens is 540 g/mol. The van der Waals surface area contributed by atoms with E-state index in [2.05, 4.69) is 5.32 Å². The number of nitrogens with one attached hydrogen (secondary N) is 1. The molecule has 0 aromatic heterocycles. The number of carbonyl (C=O) groups is 2. The average molecular weight is 577 g/mol. The van der Waals surface area contributed by atoms with Gasteiger partial charge in [0.2, 0.25) is 11.7 Å². The zero-order chi connectivity index (χ0) is 30.7. The summed E-state index contributed by atoms with van der Waals surface area (Å²) in [6.07, 6.45) is 0. The molecule has 7 nitrogen and oxygen atoms in total. The Balaban J connectivity index is 1.80. The maximum Gasteiger partial charge on any atom is 0.260 e. The third-order valence-corrected chi connectivity index (χ3v) is 7.25. The third-order valence-electron chi connectivity index (χ3n) is 7.25. The molecule has 0 fully saturated rings. The molecule has 2 amide bonds. The number of rotatable bonds is 8. The van der Waals surface area contributed by atoms with E-state index in [1.54, 1.807) is 17.0 Å². The Morgan fingerprint density at radius 3 is 1.74 bits per heavy atom. The molecule has 4 aromatic rings. The van der Waals surface area contributed by atoms with Crippen LogP contribution in [0.2, 0.25) is 0 Å². The van der Waals surface area contributed by atoms with Crippen LogP contribution in [0, 0.1) is 0 Å². The molecule has 1 aliphatic rings. The molecule has 1 aliphatic heterocycles. The van der Waals surface area contributed by atoms with E-state index < -0.39 is 11.6 Å². The van der Waals surface area contributed by atoms with Crippen molar-refractivity contribution in [2.24, 2.45) is 0 Å². The lowest BCUT2D eigenvalue weighted by atomic mass is 9.90. The second kappa shape index (κ2) is 12.1. The lowest BCUT2D eigenvalue weighted by Gasteiger charge is -2.32. The number of hydrogen-bond acceptors (Lipinski definition) is 5. The molecule has 7 heteroatoms. The van der Waals surface area contributed by atoms with Gasteiger partial charge in [0, 0.05) is 16.7 Å². The highest BCUT2D eigenvalue weighted by Crippen LogP contribution is 2.48. The van der Waals surface area contributed by atoms with Crippen molar-refractivity contribution in [1.29, 1.82) is 0 Å². The van der Waals surface area contributed by atoms with Gasteiger partial charge in [0.15, 0.2) is 11.5 Å². The lowest BCUT2D eigenvalue weighted by Crippen LogP contribution is -2.48. The number of carbonyl (C=O) groups excluding carboxylic acids is 2. The Kier molecular flexibility index (Phi) is 8.26. The Hall–Kier alpha value is -5.04. The fourth-order valence-corrected chi connectivity index (χ4v) is 5.52. The quantitative estimate of drug-likeness (QED) is 0.237. The molecule has 0 radical (unpaired) electrons. The van der Waals surface area contributed by atoms with Gasteiger partial charge in [-0.15, -0.1) is 0 Å². The van der Waals surface area contributed by atoms with Gasteiger partial charge in [-0.2, -0.15) is 0 Å². The number of amides is 2. The van der Waals surface area contributed by atoms with Gasteiger partial charge in [-0.25, -0.2) is 0 Å². The van der Waals surface area contributed by atoms with Crippen molar-refractivity contribution in [3.8, 4) is 17.2 Å². The highest BCUT2D eigenvalue weighted by Gasteiger charge is 2.43. The summed E-state index contributed by atoms with van der Waals surface area (Å²) in [5.74, 6) is 0.539. The molecule has 4 aromatic carbocycles. The van der Waals surface area contributed by atoms with E-state index in [0.717, 1.165) is 22.3 Å². The van der Waals surface area contributed by atoms with E-state index in [1.165, 1.54) is 21.3 Å². The maximum absolute atomic E-state index is 14.9. The predicted octanol–water partition coefficient (Wildman–Crippen LogP) is 6.67. The first kappa shape index (κ1) is 29.5. The van der Waals surface area contributed by atoms with Crippen LogP contribution in [0.15, 0.2) is 97.1 Å². The Morgan fingerprint density at radius 2 is 1.26 bits per heavy atom. The van der Waals surface area contributed by atoms with Crippen LogP contribution < -0.4 is 24.4 Å². The van der Waals surface area contributed by atoms with Crippen molar-refractivity contribution in [1.82, 2.24) is 5.32 Å². The molecule has 43 heavy (non-hydrogen) atoms. The minimum absolute atomic E-state index is 0.285. The Morgan fingerprint density at radius 1 is 0.744 bits per heavy atom. The summed E-state index contributed by atoms with van der Waals surface area (Å²) in [7, 11) is 4.57. The largest absolute Gasteiger partial charge is 0.493 e. The standard InChI is InChI=1S/C36H36N2O5/c1-36(2,3)37-34(39)32(25-21-28(41-4)33(43-6)29(22-25)42-5)38-27-20-14-13-19-26(27)31(35(38)40)30(23-15-9-7-10-16-23)24-17-11-8-12-18-24/h7-22,32H,1-6H3,(H,37,39). The second-order valence-electron chi connectivity index (χ2n) is 11.3. The molecule has 1 heterocycles. The molecule has 0 aliphatic carbocycles. The van der Waals surface area contributed by atoms with Gasteiger partial charge in [-0.3, -0.25) is 14.5 Å². The Labute approximate surface area is 252 Å². The van der Waals surface area contributed by atoms with Gasteiger partial charge in [-0.05, 0) is 55.7 Å². The van der Waals surface area contributed by atoms with E-state index >= 15 is 0 Å². The summed E-state index contributed by atoms with van der Waals surface area (Å²) in [6, 6.07) is 29.7. The van der Waals surface area contributed by atoms with E-state index in [9.17, 15) is 9.59 Å². The number of ether oxygens (including phenoxy) is 3. The molecule has 5 rings (SSSR count). The summed E-state index contributed by atoms with van der Waals surface area (Å²) in [5, 5.41) is 3.10. The topological polar surface area (TPSA) is 77.1 Å². The first-order valence-electron chi connectivity index (χ1n) is 14.1. The second-order valence-corrected chi connectivity index (χ2v) is 11.3. The zero-order valence-electron chi connectivity index (χ0n) is 25.3. The van der Waals surface area contributed by atoms with Gasteiger partial charge < -0.3 is 19.5 Å². The molecule has 0 bridgehead atoms. The lowest BCUT2D eigenvalue weighted by molar-refractivity contribution is -0.126. The van der Waals surface area contributed by atoms with Crippen LogP contribution in [-0.2, 0) is 9.59 Å². The van der Waals surface area contributed by atoms with Gasteiger partial charge >= 0.3 is 0 Å². The number of nitrogens with zero attached hydrogens (tertiary/aromatic N) is 1. The smallest absolute Gasteiger partial charge is 0.260 e. The van der Waals surface area contributed by atoms with Crippen molar-refractivity contribution in [3.05, 3.63) is 119 Å². The van der Waals surface area contributed by atoms with Gasteiger partial charge in [0.05, 0.1) is 32.6 Å². The van der Waals surface area contributed by atoms with Gasteiger partial charge in [0.1, 0.15) is 6.04 Å². The molecule has 220 valence electrons. The molecule has 1 unspecified atom stereocenters. The highest BCUT2D eigenvalue weighted by molar-refractivity contribution is 6.39. The fourth-order valence-electron chi connectivity index (χ4n) is 5.52. The molecule has 1 atom stereocenters. The first-order valence-corrected chi connectivity index (χ1v) is 14.1. The summed E-state index contributed by atoms with van der Waals surface area (Å²) in [5.41, 5.74) is 4.45. The van der Waals surface area contributed by atoms with Gasteiger partial charge in [0.25, 0.3) is 5.91 Å². The summed E-state index contributed by atoms with van der Waals surface area (Å²) in [6.45, 7) is 5.72. The average Bonchev–Trinajstić information content (AvgIpc) is 3.28. The molecule has 0 saturated carbocycles. The number of hydrogen-bond donors (Lipinski definition) is 1. The fraction of sp³-hybridized carbons (Fsp3) is 0.222. The van der Waals surface area contributed by atoms with E-state index in [4.69, 9.17) is 14.2 Å². The van der Waals surface area contributed by atoms with Crippen LogP contribution in [0.25, 0.3) is 11.1 Å². The van der Waals surface area contributed by atoms with Crippen molar-refractivity contribution < 1.29 is 23.8 Å².